The quantitative estimate of drug-likeness (QED) is 0.148. The van der Waals surface area contributed by atoms with E-state index in [2.05, 4.69) is 111 Å². The smallest absolute Gasteiger partial charge is 0.193 e. The van der Waals surface area contributed by atoms with Gasteiger partial charge in [0.15, 0.2) is 16.6 Å². The molecule has 4 nitrogen and oxygen atoms in total. The maximum Gasteiger partial charge on any atom is 0.193 e. The van der Waals surface area contributed by atoms with Crippen molar-refractivity contribution in [2.24, 2.45) is 5.92 Å². The lowest BCUT2D eigenvalue weighted by Gasteiger charge is -2.39. The van der Waals surface area contributed by atoms with Crippen molar-refractivity contribution < 1.29 is 18.3 Å². The van der Waals surface area contributed by atoms with E-state index in [1.54, 1.807) is 0 Å². The molecule has 0 aliphatic carbocycles. The van der Waals surface area contributed by atoms with Crippen molar-refractivity contribution in [2.75, 3.05) is 13.2 Å². The summed E-state index contributed by atoms with van der Waals surface area (Å²) in [6.45, 7) is 30.7. The normalized spacial score (nSPS) is 21.8. The molecule has 2 rings (SSSR count). The predicted octanol–water partition coefficient (Wildman–Crippen LogP) is 9.34. The standard InChI is InChI=1S/C32H55ClO4Si3/c1-31(2,3)39(10,11)36-27(23-34-26-17-14-16-25(33)22-26)19-20-29-28(18-15-21-38(7,8)9)30(24-35-29)37-40(12,13)32(4,5)6/h14,16-17,19-20,22,27-30H,18,23-24H2,1-13H3/b20-19+. The topological polar surface area (TPSA) is 36.9 Å². The molecule has 4 unspecified atom stereocenters. The Labute approximate surface area is 253 Å². The van der Waals surface area contributed by atoms with E-state index in [0.717, 1.165) is 12.2 Å². The number of rotatable bonds is 10. The molecule has 0 aromatic heterocycles. The van der Waals surface area contributed by atoms with Crippen LogP contribution in [0.25, 0.3) is 0 Å². The molecular formula is C32H55ClO4Si3. The first-order valence-corrected chi connectivity index (χ1v) is 24.3. The van der Waals surface area contributed by atoms with Gasteiger partial charge in [-0.15, -0.1) is 11.5 Å². The maximum atomic E-state index is 6.90. The van der Waals surface area contributed by atoms with Crippen LogP contribution in [0.5, 0.6) is 5.75 Å². The van der Waals surface area contributed by atoms with Gasteiger partial charge in [-0.2, -0.15) is 0 Å². The van der Waals surface area contributed by atoms with E-state index in [0.29, 0.717) is 18.2 Å². The van der Waals surface area contributed by atoms with Crippen LogP contribution >= 0.6 is 11.6 Å². The maximum absolute atomic E-state index is 6.90. The first-order chi connectivity index (χ1) is 18.1. The number of halogens is 1. The molecule has 226 valence electrons. The van der Waals surface area contributed by atoms with Crippen LogP contribution in [0, 0.1) is 17.4 Å². The van der Waals surface area contributed by atoms with Crippen LogP contribution in [0.1, 0.15) is 48.0 Å². The Bertz CT molecular complexity index is 1050. The van der Waals surface area contributed by atoms with Gasteiger partial charge in [-0.25, -0.2) is 0 Å². The molecule has 0 spiro atoms. The summed E-state index contributed by atoms with van der Waals surface area (Å²) in [5.74, 6) is 4.44. The Kier molecular flexibility index (Phi) is 12.0. The summed E-state index contributed by atoms with van der Waals surface area (Å²) in [6, 6.07) is 7.51. The third-order valence-electron chi connectivity index (χ3n) is 8.38. The Morgan fingerprint density at radius 2 is 1.62 bits per heavy atom. The summed E-state index contributed by atoms with van der Waals surface area (Å²) in [5.41, 5.74) is 3.55. The minimum atomic E-state index is -2.05. The monoisotopic (exact) mass is 622 g/mol. The largest absolute Gasteiger partial charge is 0.491 e. The summed E-state index contributed by atoms with van der Waals surface area (Å²) in [4.78, 5) is 0. The highest BCUT2D eigenvalue weighted by molar-refractivity contribution is 6.83. The Morgan fingerprint density at radius 1 is 1.00 bits per heavy atom. The summed E-state index contributed by atoms with van der Waals surface area (Å²) >= 11 is 6.19. The Hall–Kier alpha value is -0.859. The highest BCUT2D eigenvalue weighted by Crippen LogP contribution is 2.41. The second-order valence-electron chi connectivity index (χ2n) is 15.2. The molecule has 1 aliphatic rings. The molecule has 0 N–H and O–H groups in total. The summed E-state index contributed by atoms with van der Waals surface area (Å²) in [5, 5.41) is 0.870. The minimum absolute atomic E-state index is 0.0361. The number of ether oxygens (including phenoxy) is 2. The third-order valence-corrected chi connectivity index (χ3v) is 18.6. The second-order valence-corrected chi connectivity index (χ2v) is 29.9. The molecule has 1 aromatic rings. The van der Waals surface area contributed by atoms with Gasteiger partial charge in [0.1, 0.15) is 20.4 Å². The SMILES string of the molecule is CC(C)(C)[Si](C)(C)OC(/C=C/C1OCC(O[Si](C)(C)C(C)(C)C)C1CC#C[Si](C)(C)C)COc1cccc(Cl)c1. The number of hydrogen-bond donors (Lipinski definition) is 0. The van der Waals surface area contributed by atoms with Crippen molar-refractivity contribution in [3.8, 4) is 17.2 Å². The Balaban J connectivity index is 2.32. The molecule has 1 saturated heterocycles. The molecule has 1 aromatic carbocycles. The molecule has 0 saturated carbocycles. The first-order valence-electron chi connectivity index (χ1n) is 14.7. The Morgan fingerprint density at radius 3 is 2.17 bits per heavy atom. The van der Waals surface area contributed by atoms with E-state index in [1.807, 2.05) is 24.3 Å². The average molecular weight is 623 g/mol. The van der Waals surface area contributed by atoms with Crippen molar-refractivity contribution in [3.63, 3.8) is 0 Å². The van der Waals surface area contributed by atoms with E-state index in [4.69, 9.17) is 29.9 Å². The zero-order valence-corrected chi connectivity index (χ0v) is 31.2. The second kappa shape index (κ2) is 13.6. The van der Waals surface area contributed by atoms with Crippen molar-refractivity contribution in [3.05, 3.63) is 41.4 Å². The van der Waals surface area contributed by atoms with Gasteiger partial charge in [0.2, 0.25) is 0 Å². The highest BCUT2D eigenvalue weighted by atomic mass is 35.5. The lowest BCUT2D eigenvalue weighted by atomic mass is 9.95. The van der Waals surface area contributed by atoms with Crippen molar-refractivity contribution >= 4 is 36.3 Å². The van der Waals surface area contributed by atoms with Crippen LogP contribution in [-0.4, -0.2) is 56.2 Å². The molecule has 40 heavy (non-hydrogen) atoms. The van der Waals surface area contributed by atoms with Crippen LogP contribution in [0.3, 0.4) is 0 Å². The van der Waals surface area contributed by atoms with Gasteiger partial charge >= 0.3 is 0 Å². The zero-order chi connectivity index (χ0) is 30.6. The molecule has 0 amide bonds. The van der Waals surface area contributed by atoms with Gasteiger partial charge in [-0.05, 0) is 54.5 Å². The lowest BCUT2D eigenvalue weighted by Crippen LogP contribution is -2.46. The molecule has 0 radical (unpaired) electrons. The van der Waals surface area contributed by atoms with Gasteiger partial charge in [0.05, 0.1) is 24.9 Å². The number of benzene rings is 1. The van der Waals surface area contributed by atoms with E-state index >= 15 is 0 Å². The van der Waals surface area contributed by atoms with Crippen LogP contribution < -0.4 is 4.74 Å². The van der Waals surface area contributed by atoms with Gasteiger partial charge in [0, 0.05) is 17.4 Å². The van der Waals surface area contributed by atoms with E-state index in [9.17, 15) is 0 Å². The van der Waals surface area contributed by atoms with Crippen LogP contribution in [0.15, 0.2) is 36.4 Å². The fraction of sp³-hybridized carbons (Fsp3) is 0.688. The predicted molar refractivity (Wildman–Crippen MR) is 179 cm³/mol. The summed E-state index contributed by atoms with van der Waals surface area (Å²) < 4.78 is 26.3. The van der Waals surface area contributed by atoms with Gasteiger partial charge in [-0.3, -0.25) is 0 Å². The van der Waals surface area contributed by atoms with Gasteiger partial charge in [-0.1, -0.05) is 91.0 Å². The molecular weight excluding hydrogens is 568 g/mol. The number of hydrogen-bond acceptors (Lipinski definition) is 4. The molecule has 0 bridgehead atoms. The van der Waals surface area contributed by atoms with Crippen molar-refractivity contribution in [1.82, 2.24) is 0 Å². The minimum Gasteiger partial charge on any atom is -0.491 e. The van der Waals surface area contributed by atoms with Crippen LogP contribution in [-0.2, 0) is 13.6 Å². The van der Waals surface area contributed by atoms with E-state index < -0.39 is 24.7 Å². The average Bonchev–Trinajstić information content (AvgIpc) is 3.14. The van der Waals surface area contributed by atoms with Gasteiger partial charge < -0.3 is 18.3 Å². The van der Waals surface area contributed by atoms with Crippen molar-refractivity contribution in [1.29, 1.82) is 0 Å². The summed E-state index contributed by atoms with van der Waals surface area (Å²) in [7, 11) is -5.49. The van der Waals surface area contributed by atoms with E-state index in [-0.39, 0.29) is 34.3 Å². The summed E-state index contributed by atoms with van der Waals surface area (Å²) in [6.07, 6.45) is 4.83. The zero-order valence-electron chi connectivity index (χ0n) is 27.4. The van der Waals surface area contributed by atoms with Crippen LogP contribution in [0.2, 0.25) is 60.9 Å². The molecule has 4 atom stereocenters. The van der Waals surface area contributed by atoms with Gasteiger partial charge in [0.25, 0.3) is 0 Å². The highest BCUT2D eigenvalue weighted by Gasteiger charge is 2.45. The lowest BCUT2D eigenvalue weighted by molar-refractivity contribution is 0.109. The third kappa shape index (κ3) is 10.8. The molecule has 1 fully saturated rings. The van der Waals surface area contributed by atoms with Crippen molar-refractivity contribution in [2.45, 2.75) is 122 Å². The first kappa shape index (κ1) is 35.3. The van der Waals surface area contributed by atoms with Crippen LogP contribution in [0.4, 0.5) is 0 Å². The molecule has 1 heterocycles. The fourth-order valence-corrected chi connectivity index (χ4v) is 7.30. The van der Waals surface area contributed by atoms with E-state index in [1.165, 1.54) is 0 Å². The fourth-order valence-electron chi connectivity index (χ4n) is 3.87. The molecule has 1 aliphatic heterocycles. The molecule has 8 heteroatoms.